The molecule has 2 N–H and O–H groups in total. The normalized spacial score (nSPS) is 11.9. The second-order valence-electron chi connectivity index (χ2n) is 9.65. The highest BCUT2D eigenvalue weighted by Gasteiger charge is 2.20. The summed E-state index contributed by atoms with van der Waals surface area (Å²) in [5.41, 5.74) is 1.26. The third kappa shape index (κ3) is 7.43. The van der Waals surface area contributed by atoms with Crippen LogP contribution in [0.2, 0.25) is 0 Å². The summed E-state index contributed by atoms with van der Waals surface area (Å²) >= 11 is 1.20. The fourth-order valence-corrected chi connectivity index (χ4v) is 5.30. The number of carbonyl (C=O) groups is 2. The highest BCUT2D eigenvalue weighted by molar-refractivity contribution is 7.99. The maximum Gasteiger partial charge on any atom is 0.262 e. The topological polar surface area (TPSA) is 134 Å². The maximum absolute atomic E-state index is 13.5. The van der Waals surface area contributed by atoms with Crippen LogP contribution in [0.1, 0.15) is 37.0 Å². The van der Waals surface area contributed by atoms with E-state index >= 15 is 0 Å². The molecule has 12 heteroatoms. The molecule has 0 radical (unpaired) electrons. The number of thioether (sulfide) groups is 1. The number of nitrogens with one attached hydrogen (secondary N) is 2. The third-order valence-corrected chi connectivity index (χ3v) is 7.70. The molecule has 0 saturated carbocycles. The van der Waals surface area contributed by atoms with Crippen molar-refractivity contribution in [2.24, 2.45) is 0 Å². The van der Waals surface area contributed by atoms with E-state index in [1.165, 1.54) is 11.8 Å². The van der Waals surface area contributed by atoms with Gasteiger partial charge in [0, 0.05) is 25.6 Å². The van der Waals surface area contributed by atoms with Gasteiger partial charge < -0.3 is 29.3 Å². The second-order valence-corrected chi connectivity index (χ2v) is 10.6. The fourth-order valence-electron chi connectivity index (χ4n) is 4.44. The molecule has 0 bridgehead atoms. The average molecular weight is 593 g/mol. The molecular formula is C30H32N4O7S. The molecule has 0 unspecified atom stereocenters. The summed E-state index contributed by atoms with van der Waals surface area (Å²) in [4.78, 5) is 43.1. The minimum absolute atomic E-state index is 0.0248. The number of methoxy groups -OCH3 is 1. The molecule has 0 fully saturated rings. The zero-order valence-electron chi connectivity index (χ0n) is 23.2. The Morgan fingerprint density at radius 2 is 1.79 bits per heavy atom. The van der Waals surface area contributed by atoms with E-state index in [4.69, 9.17) is 23.6 Å². The van der Waals surface area contributed by atoms with Gasteiger partial charge in [-0.3, -0.25) is 19.0 Å². The summed E-state index contributed by atoms with van der Waals surface area (Å²) in [6.07, 6.45) is 4.04. The van der Waals surface area contributed by atoms with E-state index in [1.807, 2.05) is 24.3 Å². The first kappa shape index (κ1) is 29.1. The van der Waals surface area contributed by atoms with Crippen LogP contribution in [0.15, 0.2) is 69.2 Å². The van der Waals surface area contributed by atoms with Crippen molar-refractivity contribution in [2.45, 2.75) is 50.5 Å². The summed E-state index contributed by atoms with van der Waals surface area (Å²) in [5.74, 6) is 2.31. The van der Waals surface area contributed by atoms with Crippen LogP contribution in [-0.2, 0) is 29.2 Å². The largest absolute Gasteiger partial charge is 0.497 e. The Kier molecular flexibility index (Phi) is 9.65. The molecule has 3 heterocycles. The van der Waals surface area contributed by atoms with E-state index in [2.05, 4.69) is 10.6 Å². The molecule has 0 aliphatic carbocycles. The van der Waals surface area contributed by atoms with Crippen molar-refractivity contribution in [1.29, 1.82) is 0 Å². The molecule has 1 aliphatic rings. The lowest BCUT2D eigenvalue weighted by atomic mass is 10.1. The minimum Gasteiger partial charge on any atom is -0.497 e. The number of carbonyl (C=O) groups excluding carboxylic acids is 2. The van der Waals surface area contributed by atoms with Crippen LogP contribution in [0, 0.1) is 0 Å². The molecule has 2 aromatic heterocycles. The van der Waals surface area contributed by atoms with Crippen LogP contribution in [0.25, 0.3) is 10.9 Å². The number of nitrogens with zero attached hydrogens (tertiary/aromatic N) is 2. The first-order valence-electron chi connectivity index (χ1n) is 13.7. The van der Waals surface area contributed by atoms with Gasteiger partial charge in [-0.25, -0.2) is 4.98 Å². The van der Waals surface area contributed by atoms with Gasteiger partial charge >= 0.3 is 0 Å². The van der Waals surface area contributed by atoms with E-state index in [1.54, 1.807) is 42.2 Å². The van der Waals surface area contributed by atoms with Crippen LogP contribution in [0.4, 0.5) is 0 Å². The van der Waals surface area contributed by atoms with E-state index in [9.17, 15) is 14.4 Å². The Hall–Kier alpha value is -4.45. The fraction of sp³-hybridized carbons (Fsp3) is 0.333. The number of furan rings is 1. The Morgan fingerprint density at radius 1 is 1.00 bits per heavy atom. The Balaban J connectivity index is 1.17. The minimum atomic E-state index is -0.214. The molecule has 0 saturated heterocycles. The van der Waals surface area contributed by atoms with Crippen molar-refractivity contribution >= 4 is 34.5 Å². The van der Waals surface area contributed by atoms with Gasteiger partial charge in [-0.2, -0.15) is 0 Å². The van der Waals surface area contributed by atoms with Crippen molar-refractivity contribution in [3.8, 4) is 17.2 Å². The zero-order chi connectivity index (χ0) is 29.3. The van der Waals surface area contributed by atoms with Crippen LogP contribution in [0.3, 0.4) is 0 Å². The number of rotatable bonds is 14. The van der Waals surface area contributed by atoms with Crippen molar-refractivity contribution < 1.29 is 28.2 Å². The van der Waals surface area contributed by atoms with Crippen molar-refractivity contribution in [3.63, 3.8) is 0 Å². The number of hydrogen-bond donors (Lipinski definition) is 2. The Bertz CT molecular complexity index is 1590. The van der Waals surface area contributed by atoms with Gasteiger partial charge in [0.05, 0.1) is 36.6 Å². The standard InChI is InChI=1S/C30H32N4O7S/c1-38-21-10-8-20(9-11-21)16-31-27(35)7-3-2-4-12-34-29(37)23-14-25-26(41-19-40-25)15-24(23)33-30(34)42-18-28(36)32-17-22-6-5-13-39-22/h5-6,8-11,13-15H,2-4,7,12,16-19H2,1H3,(H,31,35)(H,32,36). The van der Waals surface area contributed by atoms with E-state index in [0.29, 0.717) is 65.7 Å². The average Bonchev–Trinajstić information content (AvgIpc) is 3.70. The summed E-state index contributed by atoms with van der Waals surface area (Å²) in [6, 6.07) is 14.4. The van der Waals surface area contributed by atoms with Crippen LogP contribution in [0.5, 0.6) is 17.2 Å². The van der Waals surface area contributed by atoms with E-state index in [-0.39, 0.29) is 36.5 Å². The molecule has 4 aromatic rings. The SMILES string of the molecule is COc1ccc(CNC(=O)CCCCCn2c(SCC(=O)NCc3ccco3)nc3cc4c(cc3c2=O)OCO4)cc1. The lowest BCUT2D eigenvalue weighted by Crippen LogP contribution is -2.27. The lowest BCUT2D eigenvalue weighted by Gasteiger charge is -2.13. The van der Waals surface area contributed by atoms with E-state index in [0.717, 1.165) is 17.7 Å². The molecule has 11 nitrogen and oxygen atoms in total. The quantitative estimate of drug-likeness (QED) is 0.127. The van der Waals surface area contributed by atoms with Gasteiger partial charge in [0.15, 0.2) is 16.7 Å². The molecule has 220 valence electrons. The Morgan fingerprint density at radius 3 is 2.55 bits per heavy atom. The summed E-state index contributed by atoms with van der Waals surface area (Å²) in [6.45, 7) is 1.22. The van der Waals surface area contributed by atoms with Crippen molar-refractivity contribution in [1.82, 2.24) is 20.2 Å². The first-order valence-corrected chi connectivity index (χ1v) is 14.6. The van der Waals surface area contributed by atoms with Gasteiger partial charge in [0.1, 0.15) is 11.5 Å². The number of fused-ring (bicyclic) bond motifs is 2. The molecule has 2 aromatic carbocycles. The van der Waals surface area contributed by atoms with Crippen LogP contribution < -0.4 is 30.4 Å². The molecule has 2 amide bonds. The predicted octanol–water partition coefficient (Wildman–Crippen LogP) is 4.01. The molecule has 5 rings (SSSR count). The third-order valence-electron chi connectivity index (χ3n) is 6.72. The number of unbranched alkanes of at least 4 members (excludes halogenated alkanes) is 2. The Labute approximate surface area is 246 Å². The monoisotopic (exact) mass is 592 g/mol. The van der Waals surface area contributed by atoms with Gasteiger partial charge in [0.2, 0.25) is 18.6 Å². The van der Waals surface area contributed by atoms with Gasteiger partial charge in [-0.15, -0.1) is 0 Å². The summed E-state index contributed by atoms with van der Waals surface area (Å²) < 4.78 is 22.9. The summed E-state index contributed by atoms with van der Waals surface area (Å²) in [5, 5.41) is 6.61. The van der Waals surface area contributed by atoms with Crippen molar-refractivity contribution in [3.05, 3.63) is 76.5 Å². The number of hydrogen-bond acceptors (Lipinski definition) is 9. The van der Waals surface area contributed by atoms with Gasteiger partial charge in [0.25, 0.3) is 5.56 Å². The van der Waals surface area contributed by atoms with E-state index < -0.39 is 0 Å². The molecule has 1 aliphatic heterocycles. The number of benzene rings is 2. The second kappa shape index (κ2) is 13.9. The number of amides is 2. The highest BCUT2D eigenvalue weighted by atomic mass is 32.2. The lowest BCUT2D eigenvalue weighted by molar-refractivity contribution is -0.121. The highest BCUT2D eigenvalue weighted by Crippen LogP contribution is 2.35. The summed E-state index contributed by atoms with van der Waals surface area (Å²) in [7, 11) is 1.61. The molecule has 0 atom stereocenters. The predicted molar refractivity (Wildman–Crippen MR) is 157 cm³/mol. The number of ether oxygens (including phenoxy) is 3. The smallest absolute Gasteiger partial charge is 0.262 e. The van der Waals surface area contributed by atoms with Gasteiger partial charge in [-0.05, 0) is 48.7 Å². The molecular weight excluding hydrogens is 560 g/mol. The maximum atomic E-state index is 13.5. The first-order chi connectivity index (χ1) is 20.5. The van der Waals surface area contributed by atoms with Crippen molar-refractivity contribution in [2.75, 3.05) is 19.7 Å². The molecule has 0 spiro atoms. The zero-order valence-corrected chi connectivity index (χ0v) is 24.0. The number of aromatic nitrogens is 2. The molecule has 42 heavy (non-hydrogen) atoms. The van der Waals surface area contributed by atoms with Crippen LogP contribution in [-0.4, -0.2) is 41.0 Å². The van der Waals surface area contributed by atoms with Gasteiger partial charge in [-0.1, -0.05) is 30.3 Å². The van der Waals surface area contributed by atoms with Crippen LogP contribution >= 0.6 is 11.8 Å².